The zero-order chi connectivity index (χ0) is 30.1. The predicted octanol–water partition coefficient (Wildman–Crippen LogP) is 4.23. The van der Waals surface area contributed by atoms with Crippen molar-refractivity contribution in [1.82, 2.24) is 14.6 Å². The Labute approximate surface area is 254 Å². The van der Waals surface area contributed by atoms with Crippen molar-refractivity contribution in [3.8, 4) is 5.75 Å². The van der Waals surface area contributed by atoms with Gasteiger partial charge in [0.2, 0.25) is 10.0 Å². The van der Waals surface area contributed by atoms with Gasteiger partial charge >= 0.3 is 0 Å². The van der Waals surface area contributed by atoms with Gasteiger partial charge in [-0.2, -0.15) is 0 Å². The quantitative estimate of drug-likeness (QED) is 0.150. The summed E-state index contributed by atoms with van der Waals surface area (Å²) in [7, 11) is -3.53. The van der Waals surface area contributed by atoms with E-state index in [0.717, 1.165) is 80.8 Å². The van der Waals surface area contributed by atoms with Gasteiger partial charge in [-0.3, -0.25) is 4.90 Å². The molecular weight excluding hydrogens is 562 g/mol. The maximum absolute atomic E-state index is 12.5. The van der Waals surface area contributed by atoms with Crippen LogP contribution in [0.25, 0.3) is 10.9 Å². The minimum Gasteiger partial charge on any atom is -0.494 e. The number of benzene rings is 3. The Balaban J connectivity index is 0.975. The van der Waals surface area contributed by atoms with Crippen LogP contribution in [0.3, 0.4) is 0 Å². The first-order valence-electron chi connectivity index (χ1n) is 15.2. The molecule has 2 heterocycles. The topological polar surface area (TPSA) is 124 Å². The number of aromatic nitrogens is 1. The highest BCUT2D eigenvalue weighted by molar-refractivity contribution is 7.89. The van der Waals surface area contributed by atoms with E-state index in [2.05, 4.69) is 31.6 Å². The molecule has 1 aromatic heterocycles. The van der Waals surface area contributed by atoms with Crippen LogP contribution in [-0.4, -0.2) is 69.0 Å². The molecule has 0 amide bonds. The second-order valence-corrected chi connectivity index (χ2v) is 12.8. The summed E-state index contributed by atoms with van der Waals surface area (Å²) < 4.78 is 33.6. The summed E-state index contributed by atoms with van der Waals surface area (Å²) in [6.07, 6.45) is 6.11. The van der Waals surface area contributed by atoms with Crippen molar-refractivity contribution in [2.75, 3.05) is 44.2 Å². The van der Waals surface area contributed by atoms with Crippen LogP contribution in [0.15, 0.2) is 83.9 Å². The Bertz CT molecular complexity index is 1530. The fraction of sp³-hybridized carbons (Fsp3) is 0.394. The Hall–Kier alpha value is -3.41. The average molecular weight is 606 g/mol. The molecule has 10 heteroatoms. The van der Waals surface area contributed by atoms with Crippen LogP contribution in [0.2, 0.25) is 0 Å². The number of nitrogens with zero attached hydrogens (tertiary/aromatic N) is 2. The van der Waals surface area contributed by atoms with Crippen molar-refractivity contribution in [3.63, 3.8) is 0 Å². The van der Waals surface area contributed by atoms with E-state index < -0.39 is 16.3 Å². The summed E-state index contributed by atoms with van der Waals surface area (Å²) in [4.78, 5) is 8.02. The molecule has 0 spiro atoms. The number of anilines is 1. The molecule has 1 unspecified atom stereocenters. The van der Waals surface area contributed by atoms with Crippen molar-refractivity contribution < 1.29 is 18.3 Å². The molecule has 5 N–H and O–H groups in total. The zero-order valence-electron chi connectivity index (χ0n) is 24.6. The smallest absolute Gasteiger partial charge is 0.240 e. The maximum atomic E-state index is 12.5. The zero-order valence-corrected chi connectivity index (χ0v) is 25.4. The van der Waals surface area contributed by atoms with E-state index >= 15 is 0 Å². The van der Waals surface area contributed by atoms with Crippen molar-refractivity contribution in [2.45, 2.75) is 49.8 Å². The molecule has 43 heavy (non-hydrogen) atoms. The van der Waals surface area contributed by atoms with E-state index in [1.807, 2.05) is 36.5 Å². The Morgan fingerprint density at radius 1 is 0.953 bits per heavy atom. The van der Waals surface area contributed by atoms with Crippen molar-refractivity contribution in [2.24, 2.45) is 5.73 Å². The van der Waals surface area contributed by atoms with Gasteiger partial charge < -0.3 is 25.5 Å². The van der Waals surface area contributed by atoms with Crippen LogP contribution >= 0.6 is 0 Å². The Morgan fingerprint density at radius 3 is 2.47 bits per heavy atom. The minimum atomic E-state index is -3.53. The van der Waals surface area contributed by atoms with Crippen LogP contribution in [0.1, 0.15) is 36.8 Å². The third-order valence-electron chi connectivity index (χ3n) is 8.09. The van der Waals surface area contributed by atoms with Gasteiger partial charge in [0, 0.05) is 55.5 Å². The number of unbranched alkanes of at least 4 members (excludes halogenated alkanes) is 2. The highest BCUT2D eigenvalue weighted by Crippen LogP contribution is 2.24. The molecule has 0 radical (unpaired) electrons. The van der Waals surface area contributed by atoms with Gasteiger partial charge in [-0.25, -0.2) is 13.1 Å². The van der Waals surface area contributed by atoms with Gasteiger partial charge in [0.05, 0.1) is 11.5 Å². The molecular formula is C33H43N5O4S. The summed E-state index contributed by atoms with van der Waals surface area (Å²) in [6, 6.07) is 22.5. The number of ether oxygens (including phenoxy) is 1. The SMILES string of the molecule is NCCc1c[nH]c2ccc(OCCCCCC(O)N3CCN(c4ccc(CNS(=O)(=O)c5ccccc5)cc4)CC3)cc12. The number of piperazine rings is 1. The first-order chi connectivity index (χ1) is 20.9. The standard InChI is InChI=1S/C33H43N5O4S/c34-17-16-27-25-35-32-15-14-29(23-31(27)32)42-22-6-2-5-9-33(39)38-20-18-37(19-21-38)28-12-10-26(11-13-28)24-36-43(40,41)30-7-3-1-4-8-30/h1,3-4,7-8,10-15,23,25,33,35-36,39H,2,5-6,9,16-22,24,34H2. The molecule has 1 fully saturated rings. The van der Waals surface area contributed by atoms with Crippen LogP contribution in [0.5, 0.6) is 5.75 Å². The third kappa shape index (κ3) is 8.36. The summed E-state index contributed by atoms with van der Waals surface area (Å²) >= 11 is 0. The first-order valence-corrected chi connectivity index (χ1v) is 16.6. The Morgan fingerprint density at radius 2 is 1.72 bits per heavy atom. The van der Waals surface area contributed by atoms with Gasteiger partial charge in [-0.1, -0.05) is 30.3 Å². The molecule has 5 rings (SSSR count). The van der Waals surface area contributed by atoms with Gasteiger partial charge in [0.15, 0.2) is 0 Å². The lowest BCUT2D eigenvalue weighted by atomic mass is 10.1. The fourth-order valence-electron chi connectivity index (χ4n) is 5.55. The van der Waals surface area contributed by atoms with E-state index in [1.54, 1.807) is 30.3 Å². The van der Waals surface area contributed by atoms with Gasteiger partial charge in [-0.15, -0.1) is 0 Å². The van der Waals surface area contributed by atoms with Crippen LogP contribution in [0, 0.1) is 0 Å². The highest BCUT2D eigenvalue weighted by Gasteiger charge is 2.22. The van der Waals surface area contributed by atoms with Gasteiger partial charge in [-0.05, 0) is 92.2 Å². The van der Waals surface area contributed by atoms with Crippen LogP contribution in [0.4, 0.5) is 5.69 Å². The number of aliphatic hydroxyl groups excluding tert-OH is 1. The van der Waals surface area contributed by atoms with Crippen molar-refractivity contribution >= 4 is 26.6 Å². The monoisotopic (exact) mass is 605 g/mol. The van der Waals surface area contributed by atoms with E-state index in [9.17, 15) is 13.5 Å². The summed E-state index contributed by atoms with van der Waals surface area (Å²) in [5, 5.41) is 11.9. The minimum absolute atomic E-state index is 0.239. The average Bonchev–Trinajstić information content (AvgIpc) is 3.44. The van der Waals surface area contributed by atoms with E-state index in [-0.39, 0.29) is 11.4 Å². The lowest BCUT2D eigenvalue weighted by molar-refractivity contribution is -0.00724. The number of hydrogen-bond donors (Lipinski definition) is 4. The van der Waals surface area contributed by atoms with Crippen molar-refractivity contribution in [3.05, 3.63) is 90.1 Å². The number of nitrogens with one attached hydrogen (secondary N) is 2. The number of fused-ring (bicyclic) bond motifs is 1. The van der Waals surface area contributed by atoms with Crippen LogP contribution < -0.4 is 20.1 Å². The number of aromatic amines is 1. The fourth-order valence-corrected chi connectivity index (χ4v) is 6.59. The molecule has 9 nitrogen and oxygen atoms in total. The second-order valence-electron chi connectivity index (χ2n) is 11.1. The number of aliphatic hydroxyl groups is 1. The molecule has 1 aliphatic heterocycles. The van der Waals surface area contributed by atoms with E-state index in [4.69, 9.17) is 10.5 Å². The molecule has 0 saturated carbocycles. The third-order valence-corrected chi connectivity index (χ3v) is 9.50. The molecule has 1 aliphatic rings. The summed E-state index contributed by atoms with van der Waals surface area (Å²) in [5.74, 6) is 0.880. The van der Waals surface area contributed by atoms with Gasteiger partial charge in [0.25, 0.3) is 0 Å². The lowest BCUT2D eigenvalue weighted by Gasteiger charge is -2.38. The van der Waals surface area contributed by atoms with E-state index in [0.29, 0.717) is 13.2 Å². The molecule has 1 atom stereocenters. The predicted molar refractivity (Wildman–Crippen MR) is 172 cm³/mol. The second kappa shape index (κ2) is 14.9. The molecule has 3 aromatic carbocycles. The Kier molecular flexibility index (Phi) is 10.7. The van der Waals surface area contributed by atoms with Gasteiger partial charge in [0.1, 0.15) is 12.0 Å². The molecule has 1 saturated heterocycles. The van der Waals surface area contributed by atoms with Crippen molar-refractivity contribution in [1.29, 1.82) is 0 Å². The number of sulfonamides is 1. The number of hydrogen-bond acceptors (Lipinski definition) is 7. The molecule has 0 bridgehead atoms. The highest BCUT2D eigenvalue weighted by atomic mass is 32.2. The molecule has 230 valence electrons. The summed E-state index contributed by atoms with van der Waals surface area (Å²) in [6.45, 7) is 4.80. The lowest BCUT2D eigenvalue weighted by Crippen LogP contribution is -2.50. The number of H-pyrrole nitrogens is 1. The molecule has 0 aliphatic carbocycles. The number of nitrogens with two attached hydrogens (primary N) is 1. The summed E-state index contributed by atoms with van der Waals surface area (Å²) in [5.41, 5.74) is 10.1. The van der Waals surface area contributed by atoms with Crippen LogP contribution in [-0.2, 0) is 23.0 Å². The first kappa shape index (κ1) is 31.0. The largest absolute Gasteiger partial charge is 0.494 e. The van der Waals surface area contributed by atoms with E-state index in [1.165, 1.54) is 10.9 Å². The maximum Gasteiger partial charge on any atom is 0.240 e. The normalized spacial score (nSPS) is 15.2. The number of rotatable bonds is 15. The molecule has 4 aromatic rings.